The molecule has 2 aromatic rings. The third-order valence-corrected chi connectivity index (χ3v) is 3.01. The van der Waals surface area contributed by atoms with Crippen molar-refractivity contribution in [3.63, 3.8) is 0 Å². The maximum atomic E-state index is 11.4. The van der Waals surface area contributed by atoms with Crippen LogP contribution in [0.15, 0.2) is 47.2 Å². The third kappa shape index (κ3) is 4.20. The first-order valence-corrected chi connectivity index (χ1v) is 6.49. The fraction of sp³-hybridized carbons (Fsp3) is 0.154. The largest absolute Gasteiger partial charge is 0.338 e. The van der Waals surface area contributed by atoms with Gasteiger partial charge in [-0.1, -0.05) is 30.3 Å². The van der Waals surface area contributed by atoms with Crippen molar-refractivity contribution in [2.45, 2.75) is 13.2 Å². The van der Waals surface area contributed by atoms with Gasteiger partial charge in [-0.3, -0.25) is 4.84 Å². The Bertz CT molecular complexity index is 471. The van der Waals surface area contributed by atoms with E-state index in [1.165, 1.54) is 0 Å². The molecule has 2 rings (SSSR count). The summed E-state index contributed by atoms with van der Waals surface area (Å²) >= 11 is 1.60. The molecule has 0 unspecified atom stereocenters. The summed E-state index contributed by atoms with van der Waals surface area (Å²) in [5, 5.41) is 6.67. The van der Waals surface area contributed by atoms with Gasteiger partial charge in [0.2, 0.25) is 0 Å². The van der Waals surface area contributed by atoms with Gasteiger partial charge >= 0.3 is 6.03 Å². The fourth-order valence-electron chi connectivity index (χ4n) is 1.37. The van der Waals surface area contributed by atoms with Crippen molar-refractivity contribution in [1.82, 2.24) is 10.8 Å². The molecule has 0 aliphatic carbocycles. The molecule has 94 valence electrons. The lowest BCUT2D eigenvalue weighted by molar-refractivity contribution is 0.0490. The van der Waals surface area contributed by atoms with Crippen molar-refractivity contribution in [3.8, 4) is 0 Å². The first kappa shape index (κ1) is 12.6. The minimum atomic E-state index is -0.336. The molecular weight excluding hydrogens is 248 g/mol. The summed E-state index contributed by atoms with van der Waals surface area (Å²) in [6.45, 7) is 0.858. The Hall–Kier alpha value is -1.85. The predicted octanol–water partition coefficient (Wildman–Crippen LogP) is 2.68. The van der Waals surface area contributed by atoms with Crippen molar-refractivity contribution >= 4 is 17.4 Å². The maximum absolute atomic E-state index is 11.4. The van der Waals surface area contributed by atoms with E-state index >= 15 is 0 Å². The van der Waals surface area contributed by atoms with E-state index in [9.17, 15) is 4.79 Å². The van der Waals surface area contributed by atoms with Crippen molar-refractivity contribution in [2.24, 2.45) is 0 Å². The number of rotatable bonds is 5. The van der Waals surface area contributed by atoms with E-state index < -0.39 is 0 Å². The molecule has 4 nitrogen and oxygen atoms in total. The number of benzene rings is 1. The smallest absolute Gasteiger partial charge is 0.332 e. The van der Waals surface area contributed by atoms with Gasteiger partial charge in [-0.25, -0.2) is 10.3 Å². The van der Waals surface area contributed by atoms with E-state index in [0.717, 1.165) is 11.1 Å². The zero-order chi connectivity index (χ0) is 12.6. The molecule has 18 heavy (non-hydrogen) atoms. The number of hydroxylamine groups is 1. The molecule has 0 radical (unpaired) electrons. The summed E-state index contributed by atoms with van der Waals surface area (Å²) < 4.78 is 0. The van der Waals surface area contributed by atoms with Gasteiger partial charge in [0.15, 0.2) is 0 Å². The number of amides is 2. The Morgan fingerprint density at radius 1 is 1.17 bits per heavy atom. The second kappa shape index (κ2) is 6.78. The monoisotopic (exact) mass is 262 g/mol. The Kier molecular flexibility index (Phi) is 4.75. The number of hydrogen-bond donors (Lipinski definition) is 2. The molecule has 1 aromatic carbocycles. The average Bonchev–Trinajstić information content (AvgIpc) is 2.91. The van der Waals surface area contributed by atoms with E-state index in [1.54, 1.807) is 11.3 Å². The summed E-state index contributed by atoms with van der Waals surface area (Å²) in [7, 11) is 0. The van der Waals surface area contributed by atoms with Crippen LogP contribution in [0.4, 0.5) is 4.79 Å². The average molecular weight is 262 g/mol. The molecule has 0 saturated carbocycles. The third-order valence-electron chi connectivity index (χ3n) is 2.28. The van der Waals surface area contributed by atoms with Crippen molar-refractivity contribution in [3.05, 3.63) is 58.3 Å². The van der Waals surface area contributed by atoms with Crippen LogP contribution in [-0.2, 0) is 18.0 Å². The molecule has 1 heterocycles. The van der Waals surface area contributed by atoms with E-state index in [-0.39, 0.29) is 6.03 Å². The summed E-state index contributed by atoms with van der Waals surface area (Å²) in [5.41, 5.74) is 4.44. The van der Waals surface area contributed by atoms with Gasteiger partial charge in [-0.05, 0) is 28.0 Å². The minimum absolute atomic E-state index is 0.336. The maximum Gasteiger partial charge on any atom is 0.338 e. The van der Waals surface area contributed by atoms with Gasteiger partial charge in [0.1, 0.15) is 0 Å². The van der Waals surface area contributed by atoms with Gasteiger partial charge in [-0.15, -0.1) is 0 Å². The van der Waals surface area contributed by atoms with Gasteiger partial charge in [0.25, 0.3) is 0 Å². The first-order valence-electron chi connectivity index (χ1n) is 5.55. The summed E-state index contributed by atoms with van der Waals surface area (Å²) in [5.74, 6) is 0. The standard InChI is InChI=1S/C13H14N2O2S/c16-13(14-8-12-6-7-18-10-12)15-17-9-11-4-2-1-3-5-11/h1-7,10H,8-9H2,(H2,14,15,16). The molecule has 0 spiro atoms. The van der Waals surface area contributed by atoms with E-state index in [1.807, 2.05) is 47.2 Å². The van der Waals surface area contributed by atoms with Crippen molar-refractivity contribution in [1.29, 1.82) is 0 Å². The van der Waals surface area contributed by atoms with Gasteiger partial charge in [0.05, 0.1) is 6.61 Å². The number of thiophene rings is 1. The number of carbonyl (C=O) groups is 1. The van der Waals surface area contributed by atoms with Crippen LogP contribution in [0.5, 0.6) is 0 Å². The van der Waals surface area contributed by atoms with E-state index in [2.05, 4.69) is 10.8 Å². The van der Waals surface area contributed by atoms with E-state index in [0.29, 0.717) is 13.2 Å². The van der Waals surface area contributed by atoms with Crippen LogP contribution in [0, 0.1) is 0 Å². The quantitative estimate of drug-likeness (QED) is 0.814. The second-order valence-electron chi connectivity index (χ2n) is 3.69. The molecule has 5 heteroatoms. The lowest BCUT2D eigenvalue weighted by atomic mass is 10.2. The molecule has 0 bridgehead atoms. The molecule has 1 aromatic heterocycles. The highest BCUT2D eigenvalue weighted by Crippen LogP contribution is 2.04. The van der Waals surface area contributed by atoms with Gasteiger partial charge < -0.3 is 5.32 Å². The predicted molar refractivity (Wildman–Crippen MR) is 70.9 cm³/mol. The topological polar surface area (TPSA) is 50.4 Å². The Morgan fingerprint density at radius 2 is 2.00 bits per heavy atom. The number of hydrogen-bond acceptors (Lipinski definition) is 3. The highest BCUT2D eigenvalue weighted by molar-refractivity contribution is 7.07. The normalized spacial score (nSPS) is 10.0. The molecule has 0 aliphatic rings. The van der Waals surface area contributed by atoms with Gasteiger partial charge in [0, 0.05) is 6.54 Å². The highest BCUT2D eigenvalue weighted by Gasteiger charge is 2.00. The van der Waals surface area contributed by atoms with Crippen LogP contribution in [0.2, 0.25) is 0 Å². The lowest BCUT2D eigenvalue weighted by Crippen LogP contribution is -2.34. The minimum Gasteiger partial charge on any atom is -0.332 e. The molecule has 0 atom stereocenters. The Labute approximate surface area is 110 Å². The van der Waals surface area contributed by atoms with Crippen LogP contribution >= 0.6 is 11.3 Å². The molecule has 0 saturated heterocycles. The number of nitrogens with one attached hydrogen (secondary N) is 2. The Morgan fingerprint density at radius 3 is 2.72 bits per heavy atom. The first-order chi connectivity index (χ1) is 8.84. The SMILES string of the molecule is O=C(NCc1ccsc1)NOCc1ccccc1. The van der Waals surface area contributed by atoms with Crippen LogP contribution in [0.25, 0.3) is 0 Å². The zero-order valence-corrected chi connectivity index (χ0v) is 10.6. The molecule has 0 fully saturated rings. The molecule has 2 N–H and O–H groups in total. The van der Waals surface area contributed by atoms with Crippen LogP contribution in [0.3, 0.4) is 0 Å². The summed E-state index contributed by atoms with van der Waals surface area (Å²) in [6, 6.07) is 11.3. The summed E-state index contributed by atoms with van der Waals surface area (Å²) in [6.07, 6.45) is 0. The van der Waals surface area contributed by atoms with E-state index in [4.69, 9.17) is 4.84 Å². The van der Waals surface area contributed by atoms with Crippen LogP contribution in [0.1, 0.15) is 11.1 Å². The lowest BCUT2D eigenvalue weighted by Gasteiger charge is -2.07. The van der Waals surface area contributed by atoms with Gasteiger partial charge in [-0.2, -0.15) is 11.3 Å². The number of carbonyl (C=O) groups excluding carboxylic acids is 1. The Balaban J connectivity index is 1.63. The molecule has 0 aliphatic heterocycles. The van der Waals surface area contributed by atoms with Crippen LogP contribution < -0.4 is 10.8 Å². The fourth-order valence-corrected chi connectivity index (χ4v) is 2.04. The highest BCUT2D eigenvalue weighted by atomic mass is 32.1. The molecule has 2 amide bonds. The van der Waals surface area contributed by atoms with Crippen molar-refractivity contribution in [2.75, 3.05) is 0 Å². The summed E-state index contributed by atoms with van der Waals surface area (Å²) in [4.78, 5) is 16.5. The van der Waals surface area contributed by atoms with Crippen molar-refractivity contribution < 1.29 is 9.63 Å². The zero-order valence-electron chi connectivity index (χ0n) is 9.76. The number of urea groups is 1. The molecular formula is C13H14N2O2S. The second-order valence-corrected chi connectivity index (χ2v) is 4.47. The van der Waals surface area contributed by atoms with Crippen LogP contribution in [-0.4, -0.2) is 6.03 Å².